The number of carbonyl (C=O) groups is 1. The maximum atomic E-state index is 11.6. The Balaban J connectivity index is 3.60. The maximum absolute atomic E-state index is 11.6. The Morgan fingerprint density at radius 3 is 2.47 bits per heavy atom. The first-order chi connectivity index (χ1) is 8.02. The fraction of sp³-hybridized carbons (Fsp3) is 0.929. The lowest BCUT2D eigenvalue weighted by Gasteiger charge is -2.24. The van der Waals surface area contributed by atoms with E-state index in [0.29, 0.717) is 6.42 Å². The summed E-state index contributed by atoms with van der Waals surface area (Å²) in [5, 5.41) is 3.03. The van der Waals surface area contributed by atoms with E-state index in [9.17, 15) is 4.79 Å². The average molecular weight is 242 g/mol. The van der Waals surface area contributed by atoms with Gasteiger partial charge in [0.1, 0.15) is 0 Å². The summed E-state index contributed by atoms with van der Waals surface area (Å²) in [4.78, 5) is 11.6. The molecule has 1 amide bonds. The van der Waals surface area contributed by atoms with Crippen molar-refractivity contribution in [3.63, 3.8) is 0 Å². The highest BCUT2D eigenvalue weighted by atomic mass is 16.1. The molecule has 0 unspecified atom stereocenters. The van der Waals surface area contributed by atoms with Gasteiger partial charge in [-0.2, -0.15) is 0 Å². The molecule has 0 aliphatic heterocycles. The molecule has 0 fully saturated rings. The van der Waals surface area contributed by atoms with Crippen molar-refractivity contribution in [1.82, 2.24) is 5.32 Å². The highest BCUT2D eigenvalue weighted by molar-refractivity contribution is 5.75. The summed E-state index contributed by atoms with van der Waals surface area (Å²) in [6.45, 7) is 8.04. The summed E-state index contributed by atoms with van der Waals surface area (Å²) < 4.78 is 0. The first-order valence-corrected chi connectivity index (χ1v) is 6.98. The van der Waals surface area contributed by atoms with Gasteiger partial charge >= 0.3 is 0 Å². The largest absolute Gasteiger partial charge is 0.356 e. The summed E-state index contributed by atoms with van der Waals surface area (Å²) in [5.41, 5.74) is 5.66. The number of nitrogens with two attached hydrogens (primary N) is 1. The van der Waals surface area contributed by atoms with Crippen LogP contribution in [0.1, 0.15) is 65.7 Å². The Hall–Kier alpha value is -0.570. The minimum absolute atomic E-state index is 0.165. The second-order valence-electron chi connectivity index (χ2n) is 5.64. The lowest BCUT2D eigenvalue weighted by atomic mass is 9.87. The Labute approximate surface area is 107 Å². The third-order valence-electron chi connectivity index (χ3n) is 3.08. The molecule has 0 atom stereocenters. The lowest BCUT2D eigenvalue weighted by molar-refractivity contribution is -0.121. The Morgan fingerprint density at radius 2 is 1.88 bits per heavy atom. The van der Waals surface area contributed by atoms with Crippen molar-refractivity contribution in [3.05, 3.63) is 0 Å². The summed E-state index contributed by atoms with van der Waals surface area (Å²) in [7, 11) is 0. The van der Waals surface area contributed by atoms with E-state index in [1.807, 2.05) is 0 Å². The van der Waals surface area contributed by atoms with E-state index in [-0.39, 0.29) is 11.3 Å². The molecule has 0 rings (SSSR count). The average Bonchev–Trinajstić information content (AvgIpc) is 2.30. The number of unbranched alkanes of at least 4 members (excludes halogenated alkanes) is 3. The SMILES string of the molecule is CCCCCCC(=O)NCC(C)(C)CCCN. The van der Waals surface area contributed by atoms with Gasteiger partial charge in [-0.15, -0.1) is 0 Å². The van der Waals surface area contributed by atoms with Crippen molar-refractivity contribution in [1.29, 1.82) is 0 Å². The van der Waals surface area contributed by atoms with Crippen molar-refractivity contribution >= 4 is 5.91 Å². The molecule has 102 valence electrons. The van der Waals surface area contributed by atoms with Crippen LogP contribution in [-0.2, 0) is 4.79 Å². The van der Waals surface area contributed by atoms with Gasteiger partial charge in [0.2, 0.25) is 5.91 Å². The minimum atomic E-state index is 0.165. The molecule has 3 nitrogen and oxygen atoms in total. The quantitative estimate of drug-likeness (QED) is 0.579. The normalized spacial score (nSPS) is 11.5. The number of hydrogen-bond acceptors (Lipinski definition) is 2. The van der Waals surface area contributed by atoms with E-state index in [4.69, 9.17) is 5.73 Å². The molecule has 0 aromatic rings. The van der Waals surface area contributed by atoms with Crippen LogP contribution in [0.25, 0.3) is 0 Å². The van der Waals surface area contributed by atoms with E-state index < -0.39 is 0 Å². The number of amides is 1. The highest BCUT2D eigenvalue weighted by Gasteiger charge is 2.17. The monoisotopic (exact) mass is 242 g/mol. The van der Waals surface area contributed by atoms with E-state index in [1.165, 1.54) is 19.3 Å². The summed E-state index contributed by atoms with van der Waals surface area (Å²) in [6.07, 6.45) is 7.40. The number of rotatable bonds is 10. The highest BCUT2D eigenvalue weighted by Crippen LogP contribution is 2.20. The van der Waals surface area contributed by atoms with Crippen LogP contribution in [-0.4, -0.2) is 19.0 Å². The zero-order valence-electron chi connectivity index (χ0n) is 11.8. The van der Waals surface area contributed by atoms with Crippen molar-refractivity contribution in [2.75, 3.05) is 13.1 Å². The predicted octanol–water partition coefficient (Wildman–Crippen LogP) is 2.84. The second-order valence-corrected chi connectivity index (χ2v) is 5.64. The smallest absolute Gasteiger partial charge is 0.220 e. The Bertz CT molecular complexity index is 202. The third kappa shape index (κ3) is 10.3. The molecular weight excluding hydrogens is 212 g/mol. The molecule has 3 N–H and O–H groups in total. The van der Waals surface area contributed by atoms with Crippen molar-refractivity contribution < 1.29 is 4.79 Å². The number of hydrogen-bond donors (Lipinski definition) is 2. The molecule has 0 saturated heterocycles. The molecule has 0 aromatic carbocycles. The summed E-state index contributed by atoms with van der Waals surface area (Å²) in [5.74, 6) is 0.196. The first-order valence-electron chi connectivity index (χ1n) is 6.98. The molecule has 0 heterocycles. The van der Waals surface area contributed by atoms with Gasteiger partial charge in [0, 0.05) is 13.0 Å². The van der Waals surface area contributed by atoms with Gasteiger partial charge < -0.3 is 11.1 Å². The van der Waals surface area contributed by atoms with Crippen LogP contribution in [0.15, 0.2) is 0 Å². The van der Waals surface area contributed by atoms with Crippen molar-refractivity contribution in [2.24, 2.45) is 11.1 Å². The molecule has 17 heavy (non-hydrogen) atoms. The van der Waals surface area contributed by atoms with Crippen LogP contribution in [0.4, 0.5) is 0 Å². The molecule has 0 aromatic heterocycles. The van der Waals surface area contributed by atoms with E-state index >= 15 is 0 Å². The third-order valence-corrected chi connectivity index (χ3v) is 3.08. The molecule has 0 radical (unpaired) electrons. The first kappa shape index (κ1) is 16.4. The number of carbonyl (C=O) groups excluding carboxylic acids is 1. The maximum Gasteiger partial charge on any atom is 0.220 e. The van der Waals surface area contributed by atoms with Crippen LogP contribution < -0.4 is 11.1 Å². The van der Waals surface area contributed by atoms with Gasteiger partial charge in [0.05, 0.1) is 0 Å². The van der Waals surface area contributed by atoms with Crippen LogP contribution in [0.3, 0.4) is 0 Å². The minimum Gasteiger partial charge on any atom is -0.356 e. The lowest BCUT2D eigenvalue weighted by Crippen LogP contribution is -2.34. The van der Waals surface area contributed by atoms with Gasteiger partial charge in [-0.25, -0.2) is 0 Å². The molecule has 0 aliphatic rings. The summed E-state index contributed by atoms with van der Waals surface area (Å²) >= 11 is 0. The Morgan fingerprint density at radius 1 is 1.18 bits per heavy atom. The van der Waals surface area contributed by atoms with Gasteiger partial charge in [-0.1, -0.05) is 40.0 Å². The van der Waals surface area contributed by atoms with Gasteiger partial charge in [0.25, 0.3) is 0 Å². The molecule has 0 aliphatic carbocycles. The molecule has 0 spiro atoms. The number of nitrogens with one attached hydrogen (secondary N) is 1. The topological polar surface area (TPSA) is 55.1 Å². The van der Waals surface area contributed by atoms with E-state index in [2.05, 4.69) is 26.1 Å². The van der Waals surface area contributed by atoms with E-state index in [1.54, 1.807) is 0 Å². The van der Waals surface area contributed by atoms with E-state index in [0.717, 1.165) is 32.4 Å². The van der Waals surface area contributed by atoms with Crippen LogP contribution in [0.5, 0.6) is 0 Å². The zero-order chi connectivity index (χ0) is 13.1. The molecule has 0 bridgehead atoms. The Kier molecular flexibility index (Phi) is 9.14. The second kappa shape index (κ2) is 9.46. The predicted molar refractivity (Wildman–Crippen MR) is 73.8 cm³/mol. The van der Waals surface area contributed by atoms with Crippen LogP contribution in [0, 0.1) is 5.41 Å². The fourth-order valence-corrected chi connectivity index (χ4v) is 1.81. The standard InChI is InChI=1S/C14H30N2O/c1-4-5-6-7-9-13(17)16-12-14(2,3)10-8-11-15/h4-12,15H2,1-3H3,(H,16,17). The van der Waals surface area contributed by atoms with Gasteiger partial charge in [-0.05, 0) is 31.2 Å². The summed E-state index contributed by atoms with van der Waals surface area (Å²) in [6, 6.07) is 0. The van der Waals surface area contributed by atoms with Gasteiger partial charge in [0.15, 0.2) is 0 Å². The zero-order valence-corrected chi connectivity index (χ0v) is 11.8. The van der Waals surface area contributed by atoms with Gasteiger partial charge in [-0.3, -0.25) is 4.79 Å². The molecule has 0 saturated carbocycles. The fourth-order valence-electron chi connectivity index (χ4n) is 1.81. The molecular formula is C14H30N2O. The molecule has 3 heteroatoms. The van der Waals surface area contributed by atoms with Crippen LogP contribution >= 0.6 is 0 Å². The van der Waals surface area contributed by atoms with Crippen molar-refractivity contribution in [3.8, 4) is 0 Å². The van der Waals surface area contributed by atoms with Crippen molar-refractivity contribution in [2.45, 2.75) is 65.7 Å². The van der Waals surface area contributed by atoms with Crippen LogP contribution in [0.2, 0.25) is 0 Å².